The third-order valence-electron chi connectivity index (χ3n) is 2.00. The summed E-state index contributed by atoms with van der Waals surface area (Å²) in [6.45, 7) is 0. The van der Waals surface area contributed by atoms with Crippen LogP contribution >= 0.6 is 22.9 Å². The minimum atomic E-state index is -0.535. The summed E-state index contributed by atoms with van der Waals surface area (Å²) in [6.07, 6.45) is -0.535. The standard InChI is InChI=1S/C11H9ClOS/c12-9-5-3-8(4-6-9)11(13)10-2-1-7-14-10/h1-7,11,13H/t11-/m1/s1. The minimum Gasteiger partial charge on any atom is -0.383 e. The molecule has 0 amide bonds. The summed E-state index contributed by atoms with van der Waals surface area (Å²) in [7, 11) is 0. The van der Waals surface area contributed by atoms with Crippen LogP contribution in [0.4, 0.5) is 0 Å². The Balaban J connectivity index is 2.28. The molecule has 1 nitrogen and oxygen atoms in total. The van der Waals surface area contributed by atoms with Crippen molar-refractivity contribution in [3.8, 4) is 0 Å². The van der Waals surface area contributed by atoms with Gasteiger partial charge in [0.15, 0.2) is 0 Å². The van der Waals surface area contributed by atoms with Gasteiger partial charge in [-0.25, -0.2) is 0 Å². The Bertz CT molecular complexity index is 394. The first-order valence-corrected chi connectivity index (χ1v) is 5.50. The Labute approximate surface area is 91.6 Å². The molecule has 1 N–H and O–H groups in total. The molecule has 3 heteroatoms. The molecule has 0 unspecified atom stereocenters. The zero-order valence-corrected chi connectivity index (χ0v) is 8.92. The van der Waals surface area contributed by atoms with Crippen molar-refractivity contribution >= 4 is 22.9 Å². The Morgan fingerprint density at radius 2 is 1.86 bits per heavy atom. The topological polar surface area (TPSA) is 20.2 Å². The lowest BCUT2D eigenvalue weighted by Gasteiger charge is -2.08. The number of hydrogen-bond acceptors (Lipinski definition) is 2. The fourth-order valence-electron chi connectivity index (χ4n) is 1.26. The maximum atomic E-state index is 9.94. The van der Waals surface area contributed by atoms with Crippen LogP contribution in [0.1, 0.15) is 16.5 Å². The van der Waals surface area contributed by atoms with E-state index in [-0.39, 0.29) is 0 Å². The number of rotatable bonds is 2. The van der Waals surface area contributed by atoms with Crippen molar-refractivity contribution in [2.75, 3.05) is 0 Å². The summed E-state index contributed by atoms with van der Waals surface area (Å²) in [4.78, 5) is 0.951. The molecule has 1 heterocycles. The van der Waals surface area contributed by atoms with Gasteiger partial charge in [0.2, 0.25) is 0 Å². The fraction of sp³-hybridized carbons (Fsp3) is 0.0909. The molecule has 0 spiro atoms. The first-order valence-electron chi connectivity index (χ1n) is 4.24. The molecular weight excluding hydrogens is 216 g/mol. The predicted octanol–water partition coefficient (Wildman–Crippen LogP) is 3.48. The van der Waals surface area contributed by atoms with Gasteiger partial charge in [0.05, 0.1) is 0 Å². The molecule has 2 rings (SSSR count). The molecule has 0 aliphatic heterocycles. The molecule has 14 heavy (non-hydrogen) atoms. The van der Waals surface area contributed by atoms with Gasteiger partial charge in [0, 0.05) is 9.90 Å². The van der Waals surface area contributed by atoms with E-state index in [0.717, 1.165) is 10.4 Å². The zero-order chi connectivity index (χ0) is 9.97. The first kappa shape index (κ1) is 9.71. The average Bonchev–Trinajstić information content (AvgIpc) is 2.71. The first-order chi connectivity index (χ1) is 6.77. The van der Waals surface area contributed by atoms with Crippen LogP contribution in [0.5, 0.6) is 0 Å². The lowest BCUT2D eigenvalue weighted by atomic mass is 10.1. The maximum absolute atomic E-state index is 9.94. The van der Waals surface area contributed by atoms with Crippen LogP contribution in [0.3, 0.4) is 0 Å². The van der Waals surface area contributed by atoms with Crippen LogP contribution < -0.4 is 0 Å². The second kappa shape index (κ2) is 4.13. The predicted molar refractivity (Wildman–Crippen MR) is 59.8 cm³/mol. The van der Waals surface area contributed by atoms with Gasteiger partial charge in [-0.05, 0) is 29.1 Å². The monoisotopic (exact) mass is 224 g/mol. The summed E-state index contributed by atoms with van der Waals surface area (Å²) in [6, 6.07) is 11.1. The molecular formula is C11H9ClOS. The van der Waals surface area contributed by atoms with Crippen molar-refractivity contribution < 1.29 is 5.11 Å². The van der Waals surface area contributed by atoms with Crippen LogP contribution in [-0.4, -0.2) is 5.11 Å². The highest BCUT2D eigenvalue weighted by Crippen LogP contribution is 2.26. The Kier molecular flexibility index (Phi) is 2.87. The highest BCUT2D eigenvalue weighted by Gasteiger charge is 2.10. The number of benzene rings is 1. The zero-order valence-electron chi connectivity index (χ0n) is 7.35. The minimum absolute atomic E-state index is 0.535. The van der Waals surface area contributed by atoms with Gasteiger partial charge in [-0.3, -0.25) is 0 Å². The van der Waals surface area contributed by atoms with Crippen molar-refractivity contribution in [3.63, 3.8) is 0 Å². The highest BCUT2D eigenvalue weighted by atomic mass is 35.5. The molecule has 0 aliphatic rings. The molecule has 0 fully saturated rings. The molecule has 0 radical (unpaired) electrons. The van der Waals surface area contributed by atoms with E-state index in [0.29, 0.717) is 5.02 Å². The van der Waals surface area contributed by atoms with E-state index in [9.17, 15) is 5.11 Å². The molecule has 0 aliphatic carbocycles. The molecule has 1 aromatic carbocycles. The van der Waals surface area contributed by atoms with Crippen molar-refractivity contribution in [1.82, 2.24) is 0 Å². The van der Waals surface area contributed by atoms with Gasteiger partial charge in [-0.15, -0.1) is 11.3 Å². The van der Waals surface area contributed by atoms with E-state index in [2.05, 4.69) is 0 Å². The third kappa shape index (κ3) is 1.98. The number of halogens is 1. The van der Waals surface area contributed by atoms with Gasteiger partial charge >= 0.3 is 0 Å². The highest BCUT2D eigenvalue weighted by molar-refractivity contribution is 7.10. The summed E-state index contributed by atoms with van der Waals surface area (Å²) in [5, 5.41) is 12.6. The van der Waals surface area contributed by atoms with Crippen LogP contribution in [-0.2, 0) is 0 Å². The van der Waals surface area contributed by atoms with Crippen LogP contribution in [0.2, 0.25) is 5.02 Å². The molecule has 2 aromatic rings. The lowest BCUT2D eigenvalue weighted by Crippen LogP contribution is -1.95. The lowest BCUT2D eigenvalue weighted by molar-refractivity contribution is 0.224. The van der Waals surface area contributed by atoms with E-state index in [1.54, 1.807) is 23.5 Å². The SMILES string of the molecule is O[C@H](c1ccc(Cl)cc1)c1cccs1. The van der Waals surface area contributed by atoms with Crippen LogP contribution in [0, 0.1) is 0 Å². The van der Waals surface area contributed by atoms with Crippen molar-refractivity contribution in [3.05, 3.63) is 57.2 Å². The second-order valence-corrected chi connectivity index (χ2v) is 4.39. The van der Waals surface area contributed by atoms with Gasteiger partial charge in [-0.2, -0.15) is 0 Å². The normalized spacial score (nSPS) is 12.7. The molecule has 0 saturated heterocycles. The summed E-state index contributed by atoms with van der Waals surface area (Å²) in [5.41, 5.74) is 0.872. The smallest absolute Gasteiger partial charge is 0.113 e. The number of thiophene rings is 1. The van der Waals surface area contributed by atoms with E-state index < -0.39 is 6.10 Å². The van der Waals surface area contributed by atoms with Crippen LogP contribution in [0.15, 0.2) is 41.8 Å². The van der Waals surface area contributed by atoms with Gasteiger partial charge in [0.25, 0.3) is 0 Å². The summed E-state index contributed by atoms with van der Waals surface area (Å²) in [5.74, 6) is 0. The Morgan fingerprint density at radius 3 is 2.43 bits per heavy atom. The summed E-state index contributed by atoms with van der Waals surface area (Å²) < 4.78 is 0. The molecule has 1 atom stereocenters. The van der Waals surface area contributed by atoms with Crippen molar-refractivity contribution in [1.29, 1.82) is 0 Å². The Morgan fingerprint density at radius 1 is 1.14 bits per heavy atom. The van der Waals surface area contributed by atoms with E-state index in [1.165, 1.54) is 0 Å². The Hall–Kier alpha value is -0.830. The van der Waals surface area contributed by atoms with E-state index >= 15 is 0 Å². The number of hydrogen-bond donors (Lipinski definition) is 1. The second-order valence-electron chi connectivity index (χ2n) is 2.97. The fourth-order valence-corrected chi connectivity index (χ4v) is 2.12. The number of aliphatic hydroxyl groups is 1. The van der Waals surface area contributed by atoms with Gasteiger partial charge in [0.1, 0.15) is 6.10 Å². The summed E-state index contributed by atoms with van der Waals surface area (Å²) >= 11 is 7.31. The van der Waals surface area contributed by atoms with E-state index in [1.807, 2.05) is 29.6 Å². The van der Waals surface area contributed by atoms with E-state index in [4.69, 9.17) is 11.6 Å². The average molecular weight is 225 g/mol. The van der Waals surface area contributed by atoms with Gasteiger partial charge in [-0.1, -0.05) is 29.8 Å². The van der Waals surface area contributed by atoms with Crippen molar-refractivity contribution in [2.45, 2.75) is 6.10 Å². The molecule has 72 valence electrons. The maximum Gasteiger partial charge on any atom is 0.113 e. The van der Waals surface area contributed by atoms with Crippen LogP contribution in [0.25, 0.3) is 0 Å². The molecule has 0 saturated carbocycles. The quantitative estimate of drug-likeness (QED) is 0.828. The largest absolute Gasteiger partial charge is 0.383 e. The number of aliphatic hydroxyl groups excluding tert-OH is 1. The molecule has 0 bridgehead atoms. The molecule has 1 aromatic heterocycles. The van der Waals surface area contributed by atoms with Gasteiger partial charge < -0.3 is 5.11 Å². The van der Waals surface area contributed by atoms with Crippen molar-refractivity contribution in [2.24, 2.45) is 0 Å². The third-order valence-corrected chi connectivity index (χ3v) is 3.18.